The van der Waals surface area contributed by atoms with Crippen LogP contribution >= 0.6 is 11.8 Å². The number of hydrogen-bond acceptors (Lipinski definition) is 3. The predicted molar refractivity (Wildman–Crippen MR) is 121 cm³/mol. The maximum Gasteiger partial charge on any atom is 0.253 e. The van der Waals surface area contributed by atoms with Crippen LogP contribution in [-0.2, 0) is 4.79 Å². The lowest BCUT2D eigenvalue weighted by Crippen LogP contribution is -2.38. The molecular weight excluding hydrogens is 368 g/mol. The van der Waals surface area contributed by atoms with Gasteiger partial charge in [-0.05, 0) is 42.7 Å². The molecule has 0 saturated carbocycles. The largest absolute Gasteiger partial charge is 0.338 e. The molecular formula is C23H38N2O2S. The second-order valence-corrected chi connectivity index (χ2v) is 8.58. The average Bonchev–Trinajstić information content (AvgIpc) is 2.68. The Labute approximate surface area is 175 Å². The van der Waals surface area contributed by atoms with Crippen LogP contribution in [0.3, 0.4) is 0 Å². The van der Waals surface area contributed by atoms with E-state index in [1.54, 1.807) is 11.8 Å². The average molecular weight is 407 g/mol. The number of nitrogens with one attached hydrogen (secondary N) is 1. The monoisotopic (exact) mass is 406 g/mol. The summed E-state index contributed by atoms with van der Waals surface area (Å²) in [7, 11) is 0. The molecule has 0 aromatic heterocycles. The van der Waals surface area contributed by atoms with Crippen molar-refractivity contribution in [1.29, 1.82) is 0 Å². The molecule has 0 saturated heterocycles. The van der Waals surface area contributed by atoms with Crippen LogP contribution in [0, 0.1) is 11.8 Å². The highest BCUT2D eigenvalue weighted by molar-refractivity contribution is 7.98. The fraction of sp³-hybridized carbons (Fsp3) is 0.652. The van der Waals surface area contributed by atoms with Crippen molar-refractivity contribution in [2.75, 3.05) is 24.7 Å². The zero-order valence-corrected chi connectivity index (χ0v) is 19.3. The molecule has 1 aromatic carbocycles. The minimum atomic E-state index is -0.123. The lowest BCUT2D eigenvalue weighted by Gasteiger charge is -2.30. The van der Waals surface area contributed by atoms with Gasteiger partial charge in [0.1, 0.15) is 0 Å². The van der Waals surface area contributed by atoms with Crippen molar-refractivity contribution in [2.45, 2.75) is 71.6 Å². The van der Waals surface area contributed by atoms with Crippen molar-refractivity contribution in [3.05, 3.63) is 23.8 Å². The Hall–Kier alpha value is -1.49. The number of hydrogen-bond donors (Lipinski definition) is 1. The molecule has 0 aliphatic heterocycles. The third kappa shape index (κ3) is 7.86. The van der Waals surface area contributed by atoms with Gasteiger partial charge in [-0.25, -0.2) is 0 Å². The number of nitrogens with zero attached hydrogens (tertiary/aromatic N) is 1. The van der Waals surface area contributed by atoms with E-state index in [9.17, 15) is 9.59 Å². The van der Waals surface area contributed by atoms with E-state index in [2.05, 4.69) is 33.0 Å². The van der Waals surface area contributed by atoms with Gasteiger partial charge in [0.15, 0.2) is 0 Å². The van der Waals surface area contributed by atoms with E-state index in [1.165, 1.54) is 26.2 Å². The molecule has 0 bridgehead atoms. The first-order chi connectivity index (χ1) is 13.4. The highest BCUT2D eigenvalue weighted by atomic mass is 32.2. The summed E-state index contributed by atoms with van der Waals surface area (Å²) in [6, 6.07) is 5.64. The Bertz CT molecular complexity index is 633. The number of carbonyl (C=O) groups is 2. The summed E-state index contributed by atoms with van der Waals surface area (Å²) < 4.78 is 0. The van der Waals surface area contributed by atoms with Crippen LogP contribution in [0.15, 0.2) is 23.1 Å². The van der Waals surface area contributed by atoms with E-state index in [1.807, 2.05) is 29.4 Å². The van der Waals surface area contributed by atoms with Gasteiger partial charge >= 0.3 is 0 Å². The fourth-order valence-electron chi connectivity index (χ4n) is 3.29. The number of benzene rings is 1. The first kappa shape index (κ1) is 24.5. The van der Waals surface area contributed by atoms with Crippen molar-refractivity contribution < 1.29 is 9.59 Å². The van der Waals surface area contributed by atoms with Crippen LogP contribution in [-0.4, -0.2) is 36.1 Å². The molecule has 1 N–H and O–H groups in total. The highest BCUT2D eigenvalue weighted by Gasteiger charge is 2.22. The highest BCUT2D eigenvalue weighted by Crippen LogP contribution is 2.27. The smallest absolute Gasteiger partial charge is 0.253 e. The maximum absolute atomic E-state index is 13.4. The van der Waals surface area contributed by atoms with Crippen molar-refractivity contribution in [3.8, 4) is 0 Å². The topological polar surface area (TPSA) is 49.4 Å². The van der Waals surface area contributed by atoms with Crippen LogP contribution in [0.25, 0.3) is 0 Å². The third-order valence-corrected chi connectivity index (χ3v) is 6.09. The third-order valence-electron chi connectivity index (χ3n) is 5.30. The van der Waals surface area contributed by atoms with Crippen LogP contribution in [0.2, 0.25) is 0 Å². The van der Waals surface area contributed by atoms with Gasteiger partial charge in [0.25, 0.3) is 5.91 Å². The van der Waals surface area contributed by atoms with Gasteiger partial charge in [-0.2, -0.15) is 0 Å². The Morgan fingerprint density at radius 3 is 2.39 bits per heavy atom. The summed E-state index contributed by atoms with van der Waals surface area (Å²) in [5.74, 6) is 0.942. The lowest BCUT2D eigenvalue weighted by atomic mass is 9.97. The quantitative estimate of drug-likeness (QED) is 0.428. The molecule has 0 spiro atoms. The van der Waals surface area contributed by atoms with Gasteiger partial charge in [0.05, 0.1) is 5.69 Å². The van der Waals surface area contributed by atoms with Crippen molar-refractivity contribution in [1.82, 2.24) is 4.90 Å². The minimum absolute atomic E-state index is 0.0644. The molecule has 28 heavy (non-hydrogen) atoms. The summed E-state index contributed by atoms with van der Waals surface area (Å²) in [5, 5.41) is 2.86. The van der Waals surface area contributed by atoms with Crippen molar-refractivity contribution >= 4 is 29.3 Å². The van der Waals surface area contributed by atoms with E-state index in [-0.39, 0.29) is 11.8 Å². The van der Waals surface area contributed by atoms with Gasteiger partial charge in [-0.15, -0.1) is 11.8 Å². The zero-order chi connectivity index (χ0) is 21.1. The lowest BCUT2D eigenvalue weighted by molar-refractivity contribution is -0.114. The zero-order valence-electron chi connectivity index (χ0n) is 18.5. The van der Waals surface area contributed by atoms with Crippen LogP contribution in [0.1, 0.15) is 77.1 Å². The second kappa shape index (κ2) is 12.9. The van der Waals surface area contributed by atoms with Gasteiger partial charge in [0, 0.05) is 30.5 Å². The van der Waals surface area contributed by atoms with Gasteiger partial charge in [-0.1, -0.05) is 53.4 Å². The van der Waals surface area contributed by atoms with Gasteiger partial charge in [0.2, 0.25) is 5.91 Å². The number of carbonyl (C=O) groups excluding carboxylic acids is 2. The SMILES string of the molecule is CCCCC(CC)CN(CC(C)CC)C(=O)c1ccc(SC)c(NC(C)=O)c1. The number of amides is 2. The summed E-state index contributed by atoms with van der Waals surface area (Å²) in [4.78, 5) is 27.9. The molecule has 0 radical (unpaired) electrons. The first-order valence-corrected chi connectivity index (χ1v) is 11.8. The van der Waals surface area contributed by atoms with E-state index in [4.69, 9.17) is 0 Å². The maximum atomic E-state index is 13.4. The Morgan fingerprint density at radius 1 is 1.14 bits per heavy atom. The molecule has 1 rings (SSSR count). The molecule has 2 atom stereocenters. The molecule has 2 amide bonds. The Kier molecular flexibility index (Phi) is 11.3. The molecule has 1 aromatic rings. The Balaban J connectivity index is 3.11. The Morgan fingerprint density at radius 2 is 1.86 bits per heavy atom. The number of thioether (sulfide) groups is 1. The molecule has 158 valence electrons. The normalized spacial score (nSPS) is 13.1. The molecule has 0 aliphatic rings. The van der Waals surface area contributed by atoms with Crippen molar-refractivity contribution in [3.63, 3.8) is 0 Å². The van der Waals surface area contributed by atoms with Crippen LogP contribution in [0.4, 0.5) is 5.69 Å². The fourth-order valence-corrected chi connectivity index (χ4v) is 3.82. The number of anilines is 1. The summed E-state index contributed by atoms with van der Waals surface area (Å²) in [5.41, 5.74) is 1.36. The standard InChI is InChI=1S/C23H38N2O2S/c1-7-10-11-19(9-3)16-25(15-17(4)8-2)23(27)20-12-13-22(28-6)21(14-20)24-18(5)26/h12-14,17,19H,7-11,15-16H2,1-6H3,(H,24,26). The summed E-state index contributed by atoms with van der Waals surface area (Å²) in [6.45, 7) is 11.9. The molecule has 0 aliphatic carbocycles. The van der Waals surface area contributed by atoms with E-state index < -0.39 is 0 Å². The molecule has 2 unspecified atom stereocenters. The minimum Gasteiger partial charge on any atom is -0.338 e. The van der Waals surface area contributed by atoms with Crippen molar-refractivity contribution in [2.24, 2.45) is 11.8 Å². The molecule has 4 nitrogen and oxygen atoms in total. The van der Waals surface area contributed by atoms with Gasteiger partial charge in [-0.3, -0.25) is 9.59 Å². The predicted octanol–water partition coefficient (Wildman–Crippen LogP) is 6.07. The van der Waals surface area contributed by atoms with Crippen LogP contribution in [0.5, 0.6) is 0 Å². The first-order valence-electron chi connectivity index (χ1n) is 10.6. The molecule has 5 heteroatoms. The molecule has 0 fully saturated rings. The number of unbranched alkanes of at least 4 members (excludes halogenated alkanes) is 1. The van der Waals surface area contributed by atoms with E-state index in [0.717, 1.165) is 30.8 Å². The number of rotatable bonds is 12. The summed E-state index contributed by atoms with van der Waals surface area (Å²) in [6.07, 6.45) is 7.67. The summed E-state index contributed by atoms with van der Waals surface area (Å²) >= 11 is 1.56. The second-order valence-electron chi connectivity index (χ2n) is 7.74. The molecule has 0 heterocycles. The van der Waals surface area contributed by atoms with Gasteiger partial charge < -0.3 is 10.2 Å². The van der Waals surface area contributed by atoms with E-state index >= 15 is 0 Å². The van der Waals surface area contributed by atoms with Crippen LogP contribution < -0.4 is 5.32 Å². The van der Waals surface area contributed by atoms with E-state index in [0.29, 0.717) is 23.1 Å².